The zero-order chi connectivity index (χ0) is 17.8. The molecule has 1 aromatic rings. The number of rotatable bonds is 5. The van der Waals surface area contributed by atoms with Gasteiger partial charge in [0.05, 0.1) is 20.2 Å². The van der Waals surface area contributed by atoms with Crippen LogP contribution in [0.2, 0.25) is 0 Å². The van der Waals surface area contributed by atoms with E-state index in [9.17, 15) is 9.59 Å². The Balaban J connectivity index is 1.50. The zero-order valence-corrected chi connectivity index (χ0v) is 14.9. The molecule has 1 aromatic carbocycles. The van der Waals surface area contributed by atoms with E-state index in [1.54, 1.807) is 7.11 Å². The summed E-state index contributed by atoms with van der Waals surface area (Å²) >= 11 is 0. The molecule has 0 atom stereocenters. The highest BCUT2D eigenvalue weighted by Crippen LogP contribution is 2.22. The first-order valence-electron chi connectivity index (χ1n) is 8.62. The molecule has 2 amide bonds. The number of amides is 2. The smallest absolute Gasteiger partial charge is 0.416 e. The molecular formula is C18H25N3O4. The molecule has 0 radical (unpaired) electrons. The number of nitrogens with zero attached hydrogens (tertiary/aromatic N) is 3. The first kappa shape index (κ1) is 17.7. The second-order valence-corrected chi connectivity index (χ2v) is 6.53. The van der Waals surface area contributed by atoms with Crippen LogP contribution in [0.5, 0.6) is 5.75 Å². The number of benzene rings is 1. The van der Waals surface area contributed by atoms with Crippen molar-refractivity contribution in [3.8, 4) is 5.75 Å². The Bertz CT molecular complexity index is 641. The van der Waals surface area contributed by atoms with Crippen molar-refractivity contribution in [1.29, 1.82) is 0 Å². The monoisotopic (exact) mass is 347 g/mol. The molecule has 2 fully saturated rings. The number of hydrogen-bond donors (Lipinski definition) is 0. The topological polar surface area (TPSA) is 62.3 Å². The largest absolute Gasteiger partial charge is 0.496 e. The SMILES string of the molecule is COc1ccc(C)cc1CN1CCN(CC(=O)N2CCOC2=O)CC1. The van der Waals surface area contributed by atoms with Crippen molar-refractivity contribution in [2.45, 2.75) is 13.5 Å². The first-order valence-corrected chi connectivity index (χ1v) is 8.62. The van der Waals surface area contributed by atoms with Gasteiger partial charge in [0.15, 0.2) is 0 Å². The van der Waals surface area contributed by atoms with Crippen molar-refractivity contribution >= 4 is 12.0 Å². The predicted octanol–water partition coefficient (Wildman–Crippen LogP) is 1.10. The summed E-state index contributed by atoms with van der Waals surface area (Å²) in [6, 6.07) is 6.22. The molecule has 0 aromatic heterocycles. The average Bonchev–Trinajstić information content (AvgIpc) is 3.03. The summed E-state index contributed by atoms with van der Waals surface area (Å²) in [6.07, 6.45) is -0.518. The predicted molar refractivity (Wildman–Crippen MR) is 92.5 cm³/mol. The van der Waals surface area contributed by atoms with E-state index in [2.05, 4.69) is 28.9 Å². The van der Waals surface area contributed by atoms with E-state index in [1.807, 2.05) is 6.07 Å². The summed E-state index contributed by atoms with van der Waals surface area (Å²) in [4.78, 5) is 29.3. The normalized spacial score (nSPS) is 19.1. The molecule has 25 heavy (non-hydrogen) atoms. The van der Waals surface area contributed by atoms with Crippen LogP contribution < -0.4 is 4.74 Å². The summed E-state index contributed by atoms with van der Waals surface area (Å²) in [7, 11) is 1.70. The standard InChI is InChI=1S/C18H25N3O4/c1-14-3-4-16(24-2)15(11-14)12-19-5-7-20(8-6-19)13-17(22)21-9-10-25-18(21)23/h3-4,11H,5-10,12-13H2,1-2H3. The van der Waals surface area contributed by atoms with E-state index >= 15 is 0 Å². The van der Waals surface area contributed by atoms with E-state index in [0.29, 0.717) is 13.2 Å². The van der Waals surface area contributed by atoms with Crippen molar-refractivity contribution in [2.75, 3.05) is 53.0 Å². The number of carbonyl (C=O) groups excluding carboxylic acids is 2. The molecule has 0 N–H and O–H groups in total. The molecule has 7 heteroatoms. The zero-order valence-electron chi connectivity index (χ0n) is 14.9. The third-order valence-corrected chi connectivity index (χ3v) is 4.72. The Kier molecular flexibility index (Phi) is 5.55. The van der Waals surface area contributed by atoms with Crippen LogP contribution in [-0.4, -0.2) is 79.7 Å². The fourth-order valence-corrected chi connectivity index (χ4v) is 3.27. The van der Waals surface area contributed by atoms with Gasteiger partial charge in [0.2, 0.25) is 5.91 Å². The number of hydrogen-bond acceptors (Lipinski definition) is 6. The molecule has 2 heterocycles. The van der Waals surface area contributed by atoms with Crippen LogP contribution in [-0.2, 0) is 16.1 Å². The Morgan fingerprint density at radius 3 is 2.52 bits per heavy atom. The lowest BCUT2D eigenvalue weighted by atomic mass is 10.1. The number of aryl methyl sites for hydroxylation is 1. The lowest BCUT2D eigenvalue weighted by Crippen LogP contribution is -2.49. The van der Waals surface area contributed by atoms with Crippen molar-refractivity contribution in [3.05, 3.63) is 29.3 Å². The van der Waals surface area contributed by atoms with E-state index in [4.69, 9.17) is 9.47 Å². The van der Waals surface area contributed by atoms with Gasteiger partial charge in [-0.1, -0.05) is 17.7 Å². The molecule has 0 spiro atoms. The fraction of sp³-hybridized carbons (Fsp3) is 0.556. The highest BCUT2D eigenvalue weighted by molar-refractivity contribution is 5.94. The van der Waals surface area contributed by atoms with Crippen LogP contribution >= 0.6 is 0 Å². The fourth-order valence-electron chi connectivity index (χ4n) is 3.27. The Labute approximate surface area is 148 Å². The number of piperazine rings is 1. The maximum Gasteiger partial charge on any atom is 0.416 e. The summed E-state index contributed by atoms with van der Waals surface area (Å²) in [5, 5.41) is 0. The number of carbonyl (C=O) groups is 2. The van der Waals surface area contributed by atoms with Gasteiger partial charge in [-0.05, 0) is 13.0 Å². The summed E-state index contributed by atoms with van der Waals surface area (Å²) < 4.78 is 10.3. The van der Waals surface area contributed by atoms with E-state index < -0.39 is 6.09 Å². The minimum Gasteiger partial charge on any atom is -0.496 e. The molecule has 2 aliphatic heterocycles. The maximum absolute atomic E-state index is 12.2. The van der Waals surface area contributed by atoms with Crippen LogP contribution in [0, 0.1) is 6.92 Å². The van der Waals surface area contributed by atoms with Gasteiger partial charge in [-0.15, -0.1) is 0 Å². The van der Waals surface area contributed by atoms with Crippen LogP contribution in [0.25, 0.3) is 0 Å². The van der Waals surface area contributed by atoms with Crippen molar-refractivity contribution in [1.82, 2.24) is 14.7 Å². The third-order valence-electron chi connectivity index (χ3n) is 4.72. The first-order chi connectivity index (χ1) is 12.1. The molecule has 2 aliphatic rings. The van der Waals surface area contributed by atoms with Gasteiger partial charge in [-0.3, -0.25) is 14.6 Å². The molecular weight excluding hydrogens is 322 g/mol. The van der Waals surface area contributed by atoms with Gasteiger partial charge in [0, 0.05) is 38.3 Å². The molecule has 0 unspecified atom stereocenters. The summed E-state index contributed by atoms with van der Waals surface area (Å²) in [5.74, 6) is 0.743. The summed E-state index contributed by atoms with van der Waals surface area (Å²) in [6.45, 7) is 7.24. The molecule has 2 saturated heterocycles. The van der Waals surface area contributed by atoms with Gasteiger partial charge in [0.1, 0.15) is 12.4 Å². The molecule has 7 nitrogen and oxygen atoms in total. The van der Waals surface area contributed by atoms with Crippen LogP contribution in [0.15, 0.2) is 18.2 Å². The lowest BCUT2D eigenvalue weighted by Gasteiger charge is -2.34. The highest BCUT2D eigenvalue weighted by atomic mass is 16.6. The number of methoxy groups -OCH3 is 1. The number of cyclic esters (lactones) is 1. The lowest BCUT2D eigenvalue weighted by molar-refractivity contribution is -0.129. The maximum atomic E-state index is 12.2. The van der Waals surface area contributed by atoms with Gasteiger partial charge in [-0.25, -0.2) is 9.69 Å². The third kappa shape index (κ3) is 4.29. The molecule has 0 bridgehead atoms. The van der Waals surface area contributed by atoms with Gasteiger partial charge in [-0.2, -0.15) is 0 Å². The molecule has 3 rings (SSSR count). The van der Waals surface area contributed by atoms with E-state index in [1.165, 1.54) is 16.0 Å². The molecule has 0 aliphatic carbocycles. The number of imide groups is 1. The second-order valence-electron chi connectivity index (χ2n) is 6.53. The van der Waals surface area contributed by atoms with Crippen LogP contribution in [0.1, 0.15) is 11.1 Å². The van der Waals surface area contributed by atoms with Gasteiger partial charge in [0.25, 0.3) is 0 Å². The van der Waals surface area contributed by atoms with Crippen LogP contribution in [0.4, 0.5) is 4.79 Å². The molecule has 0 saturated carbocycles. The van der Waals surface area contributed by atoms with Crippen molar-refractivity contribution in [2.24, 2.45) is 0 Å². The number of ether oxygens (including phenoxy) is 2. The van der Waals surface area contributed by atoms with Crippen LogP contribution in [0.3, 0.4) is 0 Å². The molecule has 136 valence electrons. The second kappa shape index (κ2) is 7.84. The Morgan fingerprint density at radius 1 is 1.16 bits per heavy atom. The quantitative estimate of drug-likeness (QED) is 0.795. The minimum absolute atomic E-state index is 0.170. The van der Waals surface area contributed by atoms with Gasteiger partial charge < -0.3 is 9.47 Å². The van der Waals surface area contributed by atoms with E-state index in [-0.39, 0.29) is 12.5 Å². The Hall–Kier alpha value is -2.12. The van der Waals surface area contributed by atoms with Crippen molar-refractivity contribution < 1.29 is 19.1 Å². The minimum atomic E-state index is -0.518. The van der Waals surface area contributed by atoms with Gasteiger partial charge >= 0.3 is 6.09 Å². The highest BCUT2D eigenvalue weighted by Gasteiger charge is 2.30. The average molecular weight is 347 g/mol. The van der Waals surface area contributed by atoms with E-state index in [0.717, 1.165) is 38.5 Å². The van der Waals surface area contributed by atoms with Crippen molar-refractivity contribution in [3.63, 3.8) is 0 Å². The summed E-state index contributed by atoms with van der Waals surface area (Å²) in [5.41, 5.74) is 2.41. The Morgan fingerprint density at radius 2 is 1.88 bits per heavy atom.